The van der Waals surface area contributed by atoms with Gasteiger partial charge in [0.25, 0.3) is 5.91 Å². The molecule has 3 rings (SSSR count). The van der Waals surface area contributed by atoms with Gasteiger partial charge in [0.1, 0.15) is 10.1 Å². The van der Waals surface area contributed by atoms with E-state index in [1.807, 2.05) is 55.5 Å². The molecule has 7 heteroatoms. The number of carbonyl (C=O) groups excluding carboxylic acids is 2. The van der Waals surface area contributed by atoms with Crippen LogP contribution in [0.1, 0.15) is 17.5 Å². The molecule has 0 unspecified atom stereocenters. The molecule has 2 aromatic carbocycles. The van der Waals surface area contributed by atoms with Crippen LogP contribution < -0.4 is 10.1 Å². The highest BCUT2D eigenvalue weighted by Crippen LogP contribution is 2.33. The number of carbonyl (C=O) groups is 2. The fourth-order valence-corrected chi connectivity index (χ4v) is 4.04. The van der Waals surface area contributed by atoms with Crippen LogP contribution in [-0.2, 0) is 9.59 Å². The Balaban J connectivity index is 1.62. The predicted molar refractivity (Wildman–Crippen MR) is 117 cm³/mol. The SMILES string of the molecule is COc1cccc(C=C2SC(=S)N(CCC(=O)Nc3cccc(C)c3)C2=O)c1. The van der Waals surface area contributed by atoms with Crippen LogP contribution in [0.2, 0.25) is 0 Å². The van der Waals surface area contributed by atoms with Crippen molar-refractivity contribution in [3.8, 4) is 5.75 Å². The second kappa shape index (κ2) is 9.03. The average molecular weight is 413 g/mol. The Labute approximate surface area is 173 Å². The molecule has 1 heterocycles. The van der Waals surface area contributed by atoms with Gasteiger partial charge in [0, 0.05) is 18.7 Å². The summed E-state index contributed by atoms with van der Waals surface area (Å²) in [5.41, 5.74) is 2.67. The molecular weight excluding hydrogens is 392 g/mol. The molecule has 0 saturated carbocycles. The number of thioether (sulfide) groups is 1. The fourth-order valence-electron chi connectivity index (χ4n) is 2.74. The summed E-state index contributed by atoms with van der Waals surface area (Å²) in [6.45, 7) is 2.21. The van der Waals surface area contributed by atoms with Gasteiger partial charge in [0.15, 0.2) is 0 Å². The van der Waals surface area contributed by atoms with Gasteiger partial charge >= 0.3 is 0 Å². The number of methoxy groups -OCH3 is 1. The molecule has 1 saturated heterocycles. The summed E-state index contributed by atoms with van der Waals surface area (Å²) >= 11 is 6.57. The van der Waals surface area contributed by atoms with Crippen LogP contribution in [0.15, 0.2) is 53.4 Å². The van der Waals surface area contributed by atoms with Gasteiger partial charge in [-0.1, -0.05) is 48.2 Å². The standard InChI is InChI=1S/C21H20N2O3S2/c1-14-5-3-7-16(11-14)22-19(24)9-10-23-20(25)18(28-21(23)27)13-15-6-4-8-17(12-15)26-2/h3-8,11-13H,9-10H2,1-2H3,(H,22,24). The fraction of sp³-hybridized carbons (Fsp3) is 0.190. The van der Waals surface area contributed by atoms with E-state index in [1.165, 1.54) is 16.7 Å². The number of thiocarbonyl (C=S) groups is 1. The smallest absolute Gasteiger partial charge is 0.266 e. The highest BCUT2D eigenvalue weighted by Gasteiger charge is 2.32. The lowest BCUT2D eigenvalue weighted by Crippen LogP contribution is -2.31. The van der Waals surface area contributed by atoms with E-state index in [2.05, 4.69) is 5.32 Å². The zero-order valence-corrected chi connectivity index (χ0v) is 17.2. The number of aryl methyl sites for hydroxylation is 1. The van der Waals surface area contributed by atoms with E-state index in [9.17, 15) is 9.59 Å². The third kappa shape index (κ3) is 4.99. The van der Waals surface area contributed by atoms with Crippen molar-refractivity contribution >= 4 is 51.9 Å². The normalized spacial score (nSPS) is 15.2. The zero-order valence-electron chi connectivity index (χ0n) is 15.6. The molecule has 0 spiro atoms. The molecule has 1 fully saturated rings. The first-order chi connectivity index (χ1) is 13.5. The van der Waals surface area contributed by atoms with Crippen LogP contribution in [0.3, 0.4) is 0 Å². The summed E-state index contributed by atoms with van der Waals surface area (Å²) in [7, 11) is 1.60. The number of amides is 2. The monoisotopic (exact) mass is 412 g/mol. The molecule has 5 nitrogen and oxygen atoms in total. The molecule has 144 valence electrons. The van der Waals surface area contributed by atoms with Gasteiger partial charge < -0.3 is 10.1 Å². The molecule has 28 heavy (non-hydrogen) atoms. The van der Waals surface area contributed by atoms with Crippen molar-refractivity contribution in [3.05, 3.63) is 64.6 Å². The van der Waals surface area contributed by atoms with E-state index in [0.29, 0.717) is 9.23 Å². The lowest BCUT2D eigenvalue weighted by molar-refractivity contribution is -0.122. The Bertz CT molecular complexity index is 956. The third-order valence-electron chi connectivity index (χ3n) is 4.13. The lowest BCUT2D eigenvalue weighted by Gasteiger charge is -2.14. The van der Waals surface area contributed by atoms with Gasteiger partial charge in [-0.15, -0.1) is 0 Å². The minimum atomic E-state index is -0.179. The zero-order chi connectivity index (χ0) is 20.1. The van der Waals surface area contributed by atoms with Crippen LogP contribution in [0.5, 0.6) is 5.75 Å². The molecule has 0 atom stereocenters. The van der Waals surface area contributed by atoms with Gasteiger partial charge in [0.2, 0.25) is 5.91 Å². The van der Waals surface area contributed by atoms with Crippen molar-refractivity contribution in [2.75, 3.05) is 19.0 Å². The maximum absolute atomic E-state index is 12.7. The molecule has 1 N–H and O–H groups in total. The van der Waals surface area contributed by atoms with Crippen molar-refractivity contribution in [1.82, 2.24) is 4.90 Å². The van der Waals surface area contributed by atoms with Crippen LogP contribution in [0.4, 0.5) is 5.69 Å². The van der Waals surface area contributed by atoms with E-state index in [1.54, 1.807) is 13.2 Å². The number of nitrogens with one attached hydrogen (secondary N) is 1. The number of ether oxygens (including phenoxy) is 1. The number of hydrogen-bond acceptors (Lipinski definition) is 5. The van der Waals surface area contributed by atoms with E-state index in [0.717, 1.165) is 22.6 Å². The van der Waals surface area contributed by atoms with E-state index < -0.39 is 0 Å². The van der Waals surface area contributed by atoms with Gasteiger partial charge in [-0.25, -0.2) is 0 Å². The summed E-state index contributed by atoms with van der Waals surface area (Å²) in [4.78, 5) is 26.9. The highest BCUT2D eigenvalue weighted by molar-refractivity contribution is 8.26. The largest absolute Gasteiger partial charge is 0.497 e. The maximum Gasteiger partial charge on any atom is 0.266 e. The van der Waals surface area contributed by atoms with Crippen LogP contribution in [0.25, 0.3) is 6.08 Å². The van der Waals surface area contributed by atoms with Crippen molar-refractivity contribution in [2.45, 2.75) is 13.3 Å². The van der Waals surface area contributed by atoms with Gasteiger partial charge in [-0.05, 0) is 48.4 Å². The molecule has 0 bridgehead atoms. The Morgan fingerprint density at radius 3 is 2.79 bits per heavy atom. The molecule has 2 amide bonds. The summed E-state index contributed by atoms with van der Waals surface area (Å²) in [5.74, 6) is 0.384. The van der Waals surface area contributed by atoms with Crippen LogP contribution in [-0.4, -0.2) is 34.7 Å². The Hall–Kier alpha value is -2.64. The number of rotatable bonds is 6. The summed E-state index contributed by atoms with van der Waals surface area (Å²) in [6, 6.07) is 15.0. The quantitative estimate of drug-likeness (QED) is 0.568. The predicted octanol–water partition coefficient (Wildman–Crippen LogP) is 4.23. The highest BCUT2D eigenvalue weighted by atomic mass is 32.2. The summed E-state index contributed by atoms with van der Waals surface area (Å²) in [5, 5.41) is 2.84. The van der Waals surface area contributed by atoms with Gasteiger partial charge in [0.05, 0.1) is 12.0 Å². The Morgan fingerprint density at radius 1 is 1.25 bits per heavy atom. The molecule has 0 radical (unpaired) electrons. The van der Waals surface area contributed by atoms with Crippen molar-refractivity contribution in [2.24, 2.45) is 0 Å². The first-order valence-corrected chi connectivity index (χ1v) is 9.94. The second-order valence-corrected chi connectivity index (χ2v) is 7.95. The van der Waals surface area contributed by atoms with Crippen molar-refractivity contribution < 1.29 is 14.3 Å². The topological polar surface area (TPSA) is 58.6 Å². The first-order valence-electron chi connectivity index (χ1n) is 8.72. The minimum absolute atomic E-state index is 0.156. The summed E-state index contributed by atoms with van der Waals surface area (Å²) in [6.07, 6.45) is 1.96. The number of hydrogen-bond donors (Lipinski definition) is 1. The van der Waals surface area contributed by atoms with Crippen LogP contribution in [0, 0.1) is 6.92 Å². The second-order valence-electron chi connectivity index (χ2n) is 6.28. The first kappa shape index (κ1) is 20.1. The van der Waals surface area contributed by atoms with Crippen molar-refractivity contribution in [1.29, 1.82) is 0 Å². The van der Waals surface area contributed by atoms with E-state index >= 15 is 0 Å². The number of nitrogens with zero attached hydrogens (tertiary/aromatic N) is 1. The van der Waals surface area contributed by atoms with E-state index in [-0.39, 0.29) is 24.8 Å². The third-order valence-corrected chi connectivity index (χ3v) is 5.51. The number of anilines is 1. The lowest BCUT2D eigenvalue weighted by atomic mass is 10.2. The van der Waals surface area contributed by atoms with Gasteiger partial charge in [-0.2, -0.15) is 0 Å². The maximum atomic E-state index is 12.7. The molecule has 1 aliphatic rings. The average Bonchev–Trinajstić information content (AvgIpc) is 2.93. The minimum Gasteiger partial charge on any atom is -0.497 e. The molecular formula is C21H20N2O3S2. The molecule has 0 aliphatic carbocycles. The molecule has 2 aromatic rings. The molecule has 1 aliphatic heterocycles. The summed E-state index contributed by atoms with van der Waals surface area (Å²) < 4.78 is 5.67. The van der Waals surface area contributed by atoms with E-state index in [4.69, 9.17) is 17.0 Å². The number of benzene rings is 2. The van der Waals surface area contributed by atoms with Crippen LogP contribution >= 0.6 is 24.0 Å². The van der Waals surface area contributed by atoms with Gasteiger partial charge in [-0.3, -0.25) is 14.5 Å². The Kier molecular flexibility index (Phi) is 6.49. The molecule has 0 aromatic heterocycles. The van der Waals surface area contributed by atoms with Crippen molar-refractivity contribution in [3.63, 3.8) is 0 Å². The Morgan fingerprint density at radius 2 is 2.04 bits per heavy atom.